The van der Waals surface area contributed by atoms with Crippen molar-refractivity contribution < 1.29 is 18.0 Å². The molecule has 0 unspecified atom stereocenters. The number of nitrogens with one attached hydrogen (secondary N) is 2. The van der Waals surface area contributed by atoms with Gasteiger partial charge >= 0.3 is 0 Å². The Kier molecular flexibility index (Phi) is 7.87. The van der Waals surface area contributed by atoms with Gasteiger partial charge in [0, 0.05) is 29.2 Å². The van der Waals surface area contributed by atoms with Gasteiger partial charge in [-0.25, -0.2) is 8.42 Å². The second-order valence-corrected chi connectivity index (χ2v) is 12.1. The Hall–Kier alpha value is -2.97. The van der Waals surface area contributed by atoms with E-state index >= 15 is 0 Å². The normalized spacial score (nSPS) is 17.9. The van der Waals surface area contributed by atoms with Crippen molar-refractivity contribution in [3.05, 3.63) is 72.8 Å². The van der Waals surface area contributed by atoms with Crippen molar-refractivity contribution in [2.75, 3.05) is 5.32 Å². The van der Waals surface area contributed by atoms with Gasteiger partial charge in [-0.05, 0) is 76.8 Å². The van der Waals surface area contributed by atoms with Crippen LogP contribution in [0.15, 0.2) is 72.1 Å². The van der Waals surface area contributed by atoms with E-state index in [-0.39, 0.29) is 22.8 Å². The molecule has 188 valence electrons. The SMILES string of the molecule is C=CC(=O)NC1CC(C)(C)N(S(=O)(=O)c2cccc(NC(=O)CCc3ccccc3)c2)C(C)(C)C1. The molecule has 0 radical (unpaired) electrons. The highest BCUT2D eigenvalue weighted by Gasteiger charge is 2.51. The Morgan fingerprint density at radius 1 is 1.03 bits per heavy atom. The molecule has 0 atom stereocenters. The Balaban J connectivity index is 1.78. The molecule has 1 heterocycles. The lowest BCUT2D eigenvalue weighted by atomic mass is 9.79. The maximum Gasteiger partial charge on any atom is 0.244 e. The Morgan fingerprint density at radius 2 is 1.66 bits per heavy atom. The number of hydrogen-bond donors (Lipinski definition) is 2. The number of hydrogen-bond acceptors (Lipinski definition) is 4. The standard InChI is InChI=1S/C27H35N3O4S/c1-6-24(31)29-22-18-26(2,3)30(27(4,5)19-22)35(33,34)23-14-10-13-21(17-23)28-25(32)16-15-20-11-8-7-9-12-20/h6-14,17,22H,1,15-16,18-19H2,2-5H3,(H,28,32)(H,29,31). The number of carbonyl (C=O) groups is 2. The number of sulfonamides is 1. The number of anilines is 1. The van der Waals surface area contributed by atoms with Gasteiger partial charge in [0.2, 0.25) is 21.8 Å². The Morgan fingerprint density at radius 3 is 2.26 bits per heavy atom. The molecule has 2 aromatic rings. The molecule has 35 heavy (non-hydrogen) atoms. The molecule has 2 N–H and O–H groups in total. The first-order valence-electron chi connectivity index (χ1n) is 11.8. The summed E-state index contributed by atoms with van der Waals surface area (Å²) in [5.74, 6) is -0.448. The van der Waals surface area contributed by atoms with Crippen molar-refractivity contribution >= 4 is 27.5 Å². The van der Waals surface area contributed by atoms with Crippen LogP contribution in [0.25, 0.3) is 0 Å². The number of benzene rings is 2. The monoisotopic (exact) mass is 497 g/mol. The number of carbonyl (C=O) groups excluding carboxylic acids is 2. The zero-order chi connectivity index (χ0) is 25.9. The van der Waals surface area contributed by atoms with Crippen LogP contribution in [0.2, 0.25) is 0 Å². The zero-order valence-corrected chi connectivity index (χ0v) is 21.7. The van der Waals surface area contributed by atoms with Gasteiger partial charge in [0.25, 0.3) is 0 Å². The molecule has 3 rings (SSSR count). The van der Waals surface area contributed by atoms with Gasteiger partial charge in [-0.1, -0.05) is 43.0 Å². The maximum atomic E-state index is 13.9. The predicted octanol–water partition coefficient (Wildman–Crippen LogP) is 4.27. The van der Waals surface area contributed by atoms with Gasteiger partial charge in [-0.15, -0.1) is 0 Å². The van der Waals surface area contributed by atoms with E-state index in [0.29, 0.717) is 31.4 Å². The van der Waals surface area contributed by atoms with Crippen molar-refractivity contribution in [2.24, 2.45) is 0 Å². The van der Waals surface area contributed by atoms with E-state index in [1.54, 1.807) is 22.5 Å². The lowest BCUT2D eigenvalue weighted by molar-refractivity contribution is -0.118. The summed E-state index contributed by atoms with van der Waals surface area (Å²) < 4.78 is 29.3. The predicted molar refractivity (Wildman–Crippen MR) is 138 cm³/mol. The van der Waals surface area contributed by atoms with Gasteiger partial charge < -0.3 is 10.6 Å². The van der Waals surface area contributed by atoms with Crippen molar-refractivity contribution in [1.29, 1.82) is 0 Å². The Labute approximate surface area is 208 Å². The molecule has 1 aliphatic heterocycles. The van der Waals surface area contributed by atoms with Crippen LogP contribution >= 0.6 is 0 Å². The molecule has 2 aromatic carbocycles. The first-order valence-corrected chi connectivity index (χ1v) is 13.2. The molecule has 1 aliphatic rings. The molecule has 7 nitrogen and oxygen atoms in total. The fourth-order valence-electron chi connectivity index (χ4n) is 5.24. The van der Waals surface area contributed by atoms with Crippen LogP contribution in [-0.2, 0) is 26.0 Å². The van der Waals surface area contributed by atoms with Crippen molar-refractivity contribution in [1.82, 2.24) is 9.62 Å². The van der Waals surface area contributed by atoms with Crippen LogP contribution in [0.4, 0.5) is 5.69 Å². The Bertz CT molecular complexity index is 1170. The van der Waals surface area contributed by atoms with Crippen LogP contribution in [0.3, 0.4) is 0 Å². The first-order chi connectivity index (χ1) is 16.3. The molecule has 0 aliphatic carbocycles. The first kappa shape index (κ1) is 26.6. The highest BCUT2D eigenvalue weighted by atomic mass is 32.2. The topological polar surface area (TPSA) is 95.6 Å². The number of aryl methyl sites for hydroxylation is 1. The van der Waals surface area contributed by atoms with E-state index in [1.165, 1.54) is 12.1 Å². The number of piperidine rings is 1. The van der Waals surface area contributed by atoms with Gasteiger partial charge in [-0.3, -0.25) is 9.59 Å². The lowest BCUT2D eigenvalue weighted by Gasteiger charge is -2.53. The molecule has 0 aromatic heterocycles. The summed E-state index contributed by atoms with van der Waals surface area (Å²) in [5, 5.41) is 5.75. The molecule has 1 saturated heterocycles. The molecule has 0 spiro atoms. The zero-order valence-electron chi connectivity index (χ0n) is 20.9. The third-order valence-electron chi connectivity index (χ3n) is 6.26. The van der Waals surface area contributed by atoms with Crippen LogP contribution < -0.4 is 10.6 Å². The van der Waals surface area contributed by atoms with Gasteiger partial charge in [0.05, 0.1) is 4.90 Å². The van der Waals surface area contributed by atoms with E-state index in [2.05, 4.69) is 17.2 Å². The van der Waals surface area contributed by atoms with E-state index in [0.717, 1.165) is 5.56 Å². The highest BCUT2D eigenvalue weighted by molar-refractivity contribution is 7.89. The number of amides is 2. The third-order valence-corrected chi connectivity index (χ3v) is 8.58. The average molecular weight is 498 g/mol. The van der Waals surface area contributed by atoms with E-state index < -0.39 is 21.1 Å². The van der Waals surface area contributed by atoms with Crippen LogP contribution in [0, 0.1) is 0 Å². The van der Waals surface area contributed by atoms with E-state index in [1.807, 2.05) is 58.0 Å². The molecule has 2 amide bonds. The number of nitrogens with zero attached hydrogens (tertiary/aromatic N) is 1. The largest absolute Gasteiger partial charge is 0.350 e. The number of rotatable bonds is 8. The summed E-state index contributed by atoms with van der Waals surface area (Å²) in [6.07, 6.45) is 3.05. The van der Waals surface area contributed by atoms with Crippen LogP contribution in [0.1, 0.15) is 52.5 Å². The van der Waals surface area contributed by atoms with E-state index in [9.17, 15) is 18.0 Å². The third kappa shape index (κ3) is 6.38. The smallest absolute Gasteiger partial charge is 0.244 e. The van der Waals surface area contributed by atoms with Crippen molar-refractivity contribution in [2.45, 2.75) is 75.4 Å². The van der Waals surface area contributed by atoms with Gasteiger partial charge in [0.15, 0.2) is 0 Å². The summed E-state index contributed by atoms with van der Waals surface area (Å²) in [5.41, 5.74) is -0.00693. The average Bonchev–Trinajstić information content (AvgIpc) is 2.76. The molecule has 8 heteroatoms. The van der Waals surface area contributed by atoms with Gasteiger partial charge in [-0.2, -0.15) is 4.31 Å². The molecular formula is C27H35N3O4S. The summed E-state index contributed by atoms with van der Waals surface area (Å²) in [7, 11) is -3.90. The molecule has 0 saturated carbocycles. The quantitative estimate of drug-likeness (QED) is 0.533. The summed E-state index contributed by atoms with van der Waals surface area (Å²) >= 11 is 0. The minimum absolute atomic E-state index is 0.119. The fraction of sp³-hybridized carbons (Fsp3) is 0.407. The molecular weight excluding hydrogens is 462 g/mol. The van der Waals surface area contributed by atoms with Gasteiger partial charge in [0.1, 0.15) is 0 Å². The molecule has 1 fully saturated rings. The minimum atomic E-state index is -3.90. The lowest BCUT2D eigenvalue weighted by Crippen LogP contribution is -2.65. The van der Waals surface area contributed by atoms with Crippen LogP contribution in [-0.4, -0.2) is 41.7 Å². The summed E-state index contributed by atoms with van der Waals surface area (Å²) in [6.45, 7) is 11.0. The molecule has 0 bridgehead atoms. The van der Waals surface area contributed by atoms with Crippen molar-refractivity contribution in [3.8, 4) is 0 Å². The van der Waals surface area contributed by atoms with E-state index in [4.69, 9.17) is 0 Å². The maximum absolute atomic E-state index is 13.9. The minimum Gasteiger partial charge on any atom is -0.350 e. The van der Waals surface area contributed by atoms with Crippen LogP contribution in [0.5, 0.6) is 0 Å². The second kappa shape index (κ2) is 10.3. The summed E-state index contributed by atoms with van der Waals surface area (Å²) in [4.78, 5) is 24.5. The fourth-order valence-corrected chi connectivity index (χ4v) is 7.43. The second-order valence-electron chi connectivity index (χ2n) is 10.3. The summed E-state index contributed by atoms with van der Waals surface area (Å²) in [6, 6.07) is 15.9. The highest BCUT2D eigenvalue weighted by Crippen LogP contribution is 2.42. The van der Waals surface area contributed by atoms with Crippen molar-refractivity contribution in [3.63, 3.8) is 0 Å².